The number of nitrogens with one attached hydrogen (secondary N) is 2. The molecule has 1 aliphatic rings. The second-order valence-electron chi connectivity index (χ2n) is 5.86. The Labute approximate surface area is 151 Å². The molecule has 8 heteroatoms. The third-order valence-corrected chi connectivity index (χ3v) is 3.98. The van der Waals surface area contributed by atoms with Gasteiger partial charge in [-0.2, -0.15) is 0 Å². The van der Waals surface area contributed by atoms with Crippen LogP contribution in [0.25, 0.3) is 0 Å². The molecule has 0 bridgehead atoms. The maximum absolute atomic E-state index is 12.4. The largest absolute Gasteiger partial charge is 0.394 e. The molecule has 1 amide bonds. The summed E-state index contributed by atoms with van der Waals surface area (Å²) in [5, 5.41) is 14.9. The zero-order valence-electron chi connectivity index (χ0n) is 14.3. The number of benzene rings is 1. The Morgan fingerprint density at radius 3 is 2.77 bits per heavy atom. The molecule has 26 heavy (non-hydrogen) atoms. The first-order chi connectivity index (χ1) is 12.8. The van der Waals surface area contributed by atoms with Crippen molar-refractivity contribution < 1.29 is 19.4 Å². The van der Waals surface area contributed by atoms with Crippen molar-refractivity contribution >= 4 is 17.5 Å². The number of aromatic nitrogens is 2. The molecular weight excluding hydrogens is 336 g/mol. The van der Waals surface area contributed by atoms with Crippen molar-refractivity contribution in [2.24, 2.45) is 0 Å². The molecule has 1 aromatic carbocycles. The van der Waals surface area contributed by atoms with Crippen LogP contribution in [0.1, 0.15) is 16.8 Å². The molecule has 1 saturated heterocycles. The van der Waals surface area contributed by atoms with E-state index in [4.69, 9.17) is 14.6 Å². The molecule has 1 aliphatic heterocycles. The average Bonchev–Trinajstić information content (AvgIpc) is 2.68. The second kappa shape index (κ2) is 9.23. The molecule has 138 valence electrons. The minimum atomic E-state index is -0.288. The predicted octanol–water partition coefficient (Wildman–Crippen LogP) is 1.12. The van der Waals surface area contributed by atoms with E-state index >= 15 is 0 Å². The van der Waals surface area contributed by atoms with E-state index in [2.05, 4.69) is 20.6 Å². The highest BCUT2D eigenvalue weighted by Crippen LogP contribution is 2.14. The average molecular weight is 358 g/mol. The maximum atomic E-state index is 12.4. The number of hydrogen-bond acceptors (Lipinski definition) is 7. The van der Waals surface area contributed by atoms with E-state index in [-0.39, 0.29) is 31.3 Å². The van der Waals surface area contributed by atoms with Gasteiger partial charge in [-0.15, -0.1) is 0 Å². The molecule has 2 aromatic rings. The summed E-state index contributed by atoms with van der Waals surface area (Å²) in [5.74, 6) is 0.127. The van der Waals surface area contributed by atoms with Crippen molar-refractivity contribution in [1.82, 2.24) is 15.3 Å². The molecular formula is C18H22N4O4. The number of para-hydroxylation sites is 1. The zero-order chi connectivity index (χ0) is 18.2. The highest BCUT2D eigenvalue weighted by atomic mass is 16.5. The first-order valence-electron chi connectivity index (χ1n) is 8.51. The highest BCUT2D eigenvalue weighted by Gasteiger charge is 2.28. The van der Waals surface area contributed by atoms with Crippen LogP contribution in [-0.4, -0.2) is 59.6 Å². The summed E-state index contributed by atoms with van der Waals surface area (Å²) in [7, 11) is 0. The van der Waals surface area contributed by atoms with E-state index in [1.807, 2.05) is 30.3 Å². The van der Waals surface area contributed by atoms with Crippen molar-refractivity contribution in [1.29, 1.82) is 0 Å². The number of carbonyl (C=O) groups is 1. The van der Waals surface area contributed by atoms with Gasteiger partial charge in [0.15, 0.2) is 0 Å². The van der Waals surface area contributed by atoms with Crippen molar-refractivity contribution in [2.45, 2.75) is 18.6 Å². The van der Waals surface area contributed by atoms with Gasteiger partial charge < -0.3 is 25.2 Å². The van der Waals surface area contributed by atoms with Gasteiger partial charge in [0.25, 0.3) is 5.91 Å². The number of anilines is 2. The van der Waals surface area contributed by atoms with Gasteiger partial charge in [-0.1, -0.05) is 18.2 Å². The van der Waals surface area contributed by atoms with Crippen LogP contribution in [0.4, 0.5) is 11.6 Å². The topological polar surface area (TPSA) is 106 Å². The third kappa shape index (κ3) is 4.98. The van der Waals surface area contributed by atoms with Gasteiger partial charge in [-0.05, 0) is 18.6 Å². The van der Waals surface area contributed by atoms with Crippen LogP contribution < -0.4 is 10.6 Å². The second-order valence-corrected chi connectivity index (χ2v) is 5.86. The molecule has 0 radical (unpaired) electrons. The monoisotopic (exact) mass is 358 g/mol. The Kier molecular flexibility index (Phi) is 6.48. The Hall–Kier alpha value is -2.55. The summed E-state index contributed by atoms with van der Waals surface area (Å²) >= 11 is 0. The predicted molar refractivity (Wildman–Crippen MR) is 95.3 cm³/mol. The lowest BCUT2D eigenvalue weighted by molar-refractivity contribution is -0.0612. The molecule has 2 heterocycles. The lowest BCUT2D eigenvalue weighted by atomic mass is 10.1. The molecule has 0 aliphatic carbocycles. The van der Waals surface area contributed by atoms with Crippen LogP contribution in [0.5, 0.6) is 0 Å². The summed E-state index contributed by atoms with van der Waals surface area (Å²) in [6.07, 6.45) is 3.43. The van der Waals surface area contributed by atoms with Crippen molar-refractivity contribution in [3.8, 4) is 0 Å². The van der Waals surface area contributed by atoms with Crippen LogP contribution >= 0.6 is 0 Å². The van der Waals surface area contributed by atoms with Crippen molar-refractivity contribution in [2.75, 3.05) is 31.7 Å². The van der Waals surface area contributed by atoms with Crippen LogP contribution in [0.15, 0.2) is 42.7 Å². The minimum Gasteiger partial charge on any atom is -0.394 e. The summed E-state index contributed by atoms with van der Waals surface area (Å²) in [4.78, 5) is 20.8. The molecule has 3 N–H and O–H groups in total. The Morgan fingerprint density at radius 1 is 1.27 bits per heavy atom. The van der Waals surface area contributed by atoms with Crippen LogP contribution in [-0.2, 0) is 9.47 Å². The number of aliphatic hydroxyl groups is 1. The number of aliphatic hydroxyl groups excluding tert-OH is 1. The smallest absolute Gasteiger partial charge is 0.254 e. The normalized spacial score (nSPS) is 19.7. The van der Waals surface area contributed by atoms with E-state index in [0.29, 0.717) is 31.1 Å². The molecule has 2 atom stereocenters. The zero-order valence-corrected chi connectivity index (χ0v) is 14.3. The fourth-order valence-corrected chi connectivity index (χ4v) is 2.67. The first-order valence-corrected chi connectivity index (χ1v) is 8.51. The van der Waals surface area contributed by atoms with Gasteiger partial charge in [-0.25, -0.2) is 9.97 Å². The Morgan fingerprint density at radius 2 is 2.04 bits per heavy atom. The highest BCUT2D eigenvalue weighted by molar-refractivity contribution is 5.93. The van der Waals surface area contributed by atoms with Gasteiger partial charge in [0.2, 0.25) is 5.95 Å². The van der Waals surface area contributed by atoms with Gasteiger partial charge >= 0.3 is 0 Å². The van der Waals surface area contributed by atoms with Gasteiger partial charge in [0.1, 0.15) is 0 Å². The number of carbonyl (C=O) groups excluding carboxylic acids is 1. The fraction of sp³-hybridized carbons (Fsp3) is 0.389. The summed E-state index contributed by atoms with van der Waals surface area (Å²) in [5.41, 5.74) is 1.23. The maximum Gasteiger partial charge on any atom is 0.254 e. The summed E-state index contributed by atoms with van der Waals surface area (Å²) in [6, 6.07) is 9.27. The summed E-state index contributed by atoms with van der Waals surface area (Å²) < 4.78 is 11.0. The molecule has 8 nitrogen and oxygen atoms in total. The van der Waals surface area contributed by atoms with Gasteiger partial charge in [-0.3, -0.25) is 4.79 Å². The molecule has 1 fully saturated rings. The fourth-order valence-electron chi connectivity index (χ4n) is 2.67. The number of nitrogens with zero attached hydrogens (tertiary/aromatic N) is 2. The lowest BCUT2D eigenvalue weighted by Gasteiger charge is -2.31. The lowest BCUT2D eigenvalue weighted by Crippen LogP contribution is -2.50. The molecule has 3 rings (SSSR count). The molecule has 0 spiro atoms. The van der Waals surface area contributed by atoms with Gasteiger partial charge in [0.05, 0.1) is 37.5 Å². The van der Waals surface area contributed by atoms with E-state index in [9.17, 15) is 4.79 Å². The Bertz CT molecular complexity index is 696. The summed E-state index contributed by atoms with van der Waals surface area (Å²) in [6.45, 7) is 1.13. The number of amides is 1. The van der Waals surface area contributed by atoms with E-state index < -0.39 is 0 Å². The Balaban J connectivity index is 1.58. The van der Waals surface area contributed by atoms with Gasteiger partial charge in [0, 0.05) is 24.7 Å². The van der Waals surface area contributed by atoms with E-state index in [0.717, 1.165) is 5.69 Å². The molecule has 0 unspecified atom stereocenters. The quantitative estimate of drug-likeness (QED) is 0.681. The third-order valence-electron chi connectivity index (χ3n) is 3.98. The number of hydrogen-bond donors (Lipinski definition) is 3. The van der Waals surface area contributed by atoms with Crippen LogP contribution in [0.2, 0.25) is 0 Å². The van der Waals surface area contributed by atoms with Crippen LogP contribution in [0, 0.1) is 0 Å². The minimum absolute atomic E-state index is 0.0538. The van der Waals surface area contributed by atoms with Crippen LogP contribution in [0.3, 0.4) is 0 Å². The molecule has 0 saturated carbocycles. The SMILES string of the molecule is O=C(N[C@@H]1COCC[C@@H]1OCCO)c1cnc(Nc2ccccc2)nc1. The van der Waals surface area contributed by atoms with Crippen molar-refractivity contribution in [3.05, 3.63) is 48.3 Å². The number of rotatable bonds is 7. The van der Waals surface area contributed by atoms with E-state index in [1.54, 1.807) is 0 Å². The van der Waals surface area contributed by atoms with E-state index in [1.165, 1.54) is 12.4 Å². The van der Waals surface area contributed by atoms with Crippen molar-refractivity contribution in [3.63, 3.8) is 0 Å². The first kappa shape index (κ1) is 18.2. The standard InChI is InChI=1S/C18H22N4O4/c23-7-9-26-16-6-8-25-12-15(16)22-17(24)13-10-19-18(20-11-13)21-14-4-2-1-3-5-14/h1-5,10-11,15-16,23H,6-9,12H2,(H,22,24)(H,19,20,21)/t15-,16+/m1/s1. The number of ether oxygens (including phenoxy) is 2. The molecule has 1 aromatic heterocycles.